The number of hydrogen-bond donors (Lipinski definition) is 1. The van der Waals surface area contributed by atoms with Crippen LogP contribution in [0.4, 0.5) is 5.69 Å². The predicted octanol–water partition coefficient (Wildman–Crippen LogP) is 4.33. The van der Waals surface area contributed by atoms with Crippen molar-refractivity contribution in [3.05, 3.63) is 24.3 Å². The number of anilines is 1. The van der Waals surface area contributed by atoms with Crippen molar-refractivity contribution in [3.63, 3.8) is 0 Å². The summed E-state index contributed by atoms with van der Waals surface area (Å²) in [6, 6.07) is 7.52. The second kappa shape index (κ2) is 11.9. The van der Waals surface area contributed by atoms with E-state index in [-0.39, 0.29) is 5.91 Å². The molecule has 148 valence electrons. The zero-order chi connectivity index (χ0) is 19.4. The Morgan fingerprint density at radius 1 is 1.08 bits per heavy atom. The third-order valence-corrected chi connectivity index (χ3v) is 4.67. The number of carbonyl (C=O) groups is 1. The van der Waals surface area contributed by atoms with Crippen LogP contribution in [-0.4, -0.2) is 49.3 Å². The summed E-state index contributed by atoms with van der Waals surface area (Å²) in [6.45, 7) is 14.7. The van der Waals surface area contributed by atoms with Gasteiger partial charge in [-0.1, -0.05) is 27.7 Å². The normalized spacial score (nSPS) is 13.5. The zero-order valence-corrected chi connectivity index (χ0v) is 17.1. The molecule has 1 N–H and O–H groups in total. The largest absolute Gasteiger partial charge is 0.494 e. The third kappa shape index (κ3) is 7.34. The Bertz CT molecular complexity index is 514. The van der Waals surface area contributed by atoms with Gasteiger partial charge in [-0.3, -0.25) is 4.79 Å². The summed E-state index contributed by atoms with van der Waals surface area (Å²) in [5.41, 5.74) is -0.0411. The highest BCUT2D eigenvalue weighted by molar-refractivity contribution is 5.97. The van der Waals surface area contributed by atoms with E-state index in [4.69, 9.17) is 9.47 Å². The van der Waals surface area contributed by atoms with Gasteiger partial charge < -0.3 is 19.7 Å². The molecule has 1 amide bonds. The average molecular weight is 365 g/mol. The number of benzene rings is 1. The second-order valence-corrected chi connectivity index (χ2v) is 6.64. The molecule has 0 heterocycles. The molecule has 0 saturated carbocycles. The molecule has 0 aliphatic heterocycles. The summed E-state index contributed by atoms with van der Waals surface area (Å²) in [5.74, 6) is 0.712. The first kappa shape index (κ1) is 22.5. The second-order valence-electron chi connectivity index (χ2n) is 6.64. The zero-order valence-electron chi connectivity index (χ0n) is 17.1. The van der Waals surface area contributed by atoms with Crippen LogP contribution in [-0.2, 0) is 9.53 Å². The van der Waals surface area contributed by atoms with Gasteiger partial charge in [-0.15, -0.1) is 0 Å². The van der Waals surface area contributed by atoms with E-state index in [0.717, 1.165) is 43.9 Å². The molecule has 26 heavy (non-hydrogen) atoms. The van der Waals surface area contributed by atoms with Crippen molar-refractivity contribution in [2.24, 2.45) is 0 Å². The summed E-state index contributed by atoms with van der Waals surface area (Å²) >= 11 is 0. The van der Waals surface area contributed by atoms with Crippen molar-refractivity contribution < 1.29 is 14.3 Å². The van der Waals surface area contributed by atoms with E-state index in [2.05, 4.69) is 24.1 Å². The van der Waals surface area contributed by atoms with Gasteiger partial charge >= 0.3 is 0 Å². The van der Waals surface area contributed by atoms with E-state index in [1.54, 1.807) is 0 Å². The number of hydrogen-bond acceptors (Lipinski definition) is 4. The Balaban J connectivity index is 2.47. The summed E-state index contributed by atoms with van der Waals surface area (Å²) in [5, 5.41) is 2.94. The van der Waals surface area contributed by atoms with Gasteiger partial charge in [0.15, 0.2) is 0 Å². The van der Waals surface area contributed by atoms with Crippen LogP contribution in [0.2, 0.25) is 0 Å². The lowest BCUT2D eigenvalue weighted by molar-refractivity contribution is -0.139. The highest BCUT2D eigenvalue weighted by Crippen LogP contribution is 2.21. The summed E-state index contributed by atoms with van der Waals surface area (Å²) < 4.78 is 11.5. The number of rotatable bonds is 13. The Hall–Kier alpha value is -1.59. The Labute approximate surface area is 159 Å². The van der Waals surface area contributed by atoms with Crippen molar-refractivity contribution >= 4 is 11.6 Å². The Kier molecular flexibility index (Phi) is 10.3. The topological polar surface area (TPSA) is 50.8 Å². The van der Waals surface area contributed by atoms with Gasteiger partial charge in [0, 0.05) is 18.8 Å². The molecule has 0 unspecified atom stereocenters. The maximum atomic E-state index is 12.5. The number of carbonyl (C=O) groups excluding carboxylic acids is 1. The molecule has 0 fully saturated rings. The number of ether oxygens (including phenoxy) is 2. The van der Waals surface area contributed by atoms with Gasteiger partial charge in [-0.05, 0) is 63.5 Å². The predicted molar refractivity (Wildman–Crippen MR) is 108 cm³/mol. The molecule has 1 aromatic rings. The lowest BCUT2D eigenvalue weighted by atomic mass is 10.0. The molecule has 5 heteroatoms. The fourth-order valence-corrected chi connectivity index (χ4v) is 2.57. The minimum absolute atomic E-state index is 0.110. The van der Waals surface area contributed by atoms with Crippen molar-refractivity contribution in [1.82, 2.24) is 4.90 Å². The minimum atomic E-state index is -0.796. The molecule has 0 bridgehead atoms. The molecule has 0 spiro atoms. The van der Waals surface area contributed by atoms with E-state index in [1.807, 2.05) is 45.0 Å². The number of amides is 1. The average Bonchev–Trinajstić information content (AvgIpc) is 2.67. The number of nitrogens with zero attached hydrogens (tertiary/aromatic N) is 1. The number of nitrogens with one attached hydrogen (secondary N) is 1. The lowest BCUT2D eigenvalue weighted by Crippen LogP contribution is -2.42. The van der Waals surface area contributed by atoms with Gasteiger partial charge in [-0.2, -0.15) is 0 Å². The minimum Gasteiger partial charge on any atom is -0.494 e. The van der Waals surface area contributed by atoms with Gasteiger partial charge in [0.1, 0.15) is 11.4 Å². The quantitative estimate of drug-likeness (QED) is 0.529. The molecular formula is C21H36N2O3. The first-order valence-electron chi connectivity index (χ1n) is 9.89. The van der Waals surface area contributed by atoms with Crippen LogP contribution in [0.1, 0.15) is 53.9 Å². The highest BCUT2D eigenvalue weighted by atomic mass is 16.5. The van der Waals surface area contributed by atoms with E-state index >= 15 is 0 Å². The van der Waals surface area contributed by atoms with Crippen molar-refractivity contribution in [2.45, 2.75) is 59.5 Å². The van der Waals surface area contributed by atoms with Crippen LogP contribution in [0, 0.1) is 0 Å². The Morgan fingerprint density at radius 2 is 1.73 bits per heavy atom. The molecule has 1 atom stereocenters. The van der Waals surface area contributed by atoms with Crippen LogP contribution >= 0.6 is 0 Å². The summed E-state index contributed by atoms with van der Waals surface area (Å²) in [4.78, 5) is 14.9. The smallest absolute Gasteiger partial charge is 0.256 e. The van der Waals surface area contributed by atoms with Gasteiger partial charge in [-0.25, -0.2) is 0 Å². The van der Waals surface area contributed by atoms with Crippen LogP contribution in [0.3, 0.4) is 0 Å². The maximum absolute atomic E-state index is 12.5. The monoisotopic (exact) mass is 364 g/mol. The summed E-state index contributed by atoms with van der Waals surface area (Å²) in [6.07, 6.45) is 2.53. The van der Waals surface area contributed by atoms with Gasteiger partial charge in [0.05, 0.1) is 6.61 Å². The summed E-state index contributed by atoms with van der Waals surface area (Å²) in [7, 11) is 0. The molecule has 0 radical (unpaired) electrons. The van der Waals surface area contributed by atoms with E-state index in [0.29, 0.717) is 19.6 Å². The SMILES string of the molecule is CCCO[C@](C)(CC)C(=O)Nc1ccc(OCCCN(CC)CC)cc1. The molecule has 1 aromatic carbocycles. The molecule has 0 aliphatic carbocycles. The van der Waals surface area contributed by atoms with Crippen molar-refractivity contribution in [2.75, 3.05) is 38.2 Å². The molecule has 0 aliphatic rings. The van der Waals surface area contributed by atoms with Crippen molar-refractivity contribution in [3.8, 4) is 5.75 Å². The molecule has 1 rings (SSSR count). The standard InChI is InChI=1S/C21H36N2O3/c1-6-16-26-21(5,7-2)20(24)22-18-11-13-19(14-12-18)25-17-10-15-23(8-3)9-4/h11-14H,6-10,15-17H2,1-5H3,(H,22,24)/t21-/m1/s1. The Morgan fingerprint density at radius 3 is 2.27 bits per heavy atom. The molecular weight excluding hydrogens is 328 g/mol. The van der Waals surface area contributed by atoms with Crippen LogP contribution in [0.25, 0.3) is 0 Å². The third-order valence-electron chi connectivity index (χ3n) is 4.67. The van der Waals surface area contributed by atoms with E-state index in [9.17, 15) is 4.79 Å². The molecule has 0 saturated heterocycles. The fraction of sp³-hybridized carbons (Fsp3) is 0.667. The first-order valence-corrected chi connectivity index (χ1v) is 9.89. The van der Waals surface area contributed by atoms with Crippen molar-refractivity contribution in [1.29, 1.82) is 0 Å². The van der Waals surface area contributed by atoms with Gasteiger partial charge in [0.2, 0.25) is 0 Å². The first-order chi connectivity index (χ1) is 12.5. The van der Waals surface area contributed by atoms with E-state index in [1.165, 1.54) is 0 Å². The van der Waals surface area contributed by atoms with Gasteiger partial charge in [0.25, 0.3) is 5.91 Å². The maximum Gasteiger partial charge on any atom is 0.256 e. The lowest BCUT2D eigenvalue weighted by Gasteiger charge is -2.27. The van der Waals surface area contributed by atoms with Crippen LogP contribution < -0.4 is 10.1 Å². The molecule has 5 nitrogen and oxygen atoms in total. The molecule has 0 aromatic heterocycles. The van der Waals surface area contributed by atoms with E-state index < -0.39 is 5.60 Å². The van der Waals surface area contributed by atoms with Crippen LogP contribution in [0.15, 0.2) is 24.3 Å². The fourth-order valence-electron chi connectivity index (χ4n) is 2.57. The van der Waals surface area contributed by atoms with Crippen LogP contribution in [0.5, 0.6) is 5.75 Å². The highest BCUT2D eigenvalue weighted by Gasteiger charge is 2.32.